The Hall–Kier alpha value is -2.32. The van der Waals surface area contributed by atoms with Crippen LogP contribution < -0.4 is 10.6 Å². The molecule has 9 nitrogen and oxygen atoms in total. The standard InChI is InChI=1S/C11H18N6O3/c1-2-3-8-13-9(16-15-8)14-10(18)12-4-5-17-6-7-20-11(17)19/h2-7H2,1H3,(H3,12,13,14,15,16,18). The minimum atomic E-state index is -0.403. The maximum Gasteiger partial charge on any atom is 0.409 e. The smallest absolute Gasteiger partial charge is 0.409 e. The van der Waals surface area contributed by atoms with E-state index in [9.17, 15) is 9.59 Å². The SMILES string of the molecule is CCCc1nc(NC(=O)NCCN2CCOC2=O)n[nH]1. The van der Waals surface area contributed by atoms with Crippen LogP contribution in [0.4, 0.5) is 15.5 Å². The van der Waals surface area contributed by atoms with Crippen LogP contribution in [0.3, 0.4) is 0 Å². The molecular formula is C11H18N6O3. The fraction of sp³-hybridized carbons (Fsp3) is 0.636. The first kappa shape index (κ1) is 14.1. The molecule has 0 aromatic carbocycles. The molecule has 0 unspecified atom stereocenters. The van der Waals surface area contributed by atoms with Crippen molar-refractivity contribution in [1.82, 2.24) is 25.4 Å². The van der Waals surface area contributed by atoms with Crippen LogP contribution in [0.1, 0.15) is 19.2 Å². The van der Waals surface area contributed by atoms with Crippen molar-refractivity contribution in [3.05, 3.63) is 5.82 Å². The van der Waals surface area contributed by atoms with Gasteiger partial charge in [-0.25, -0.2) is 9.59 Å². The zero-order valence-electron chi connectivity index (χ0n) is 11.3. The van der Waals surface area contributed by atoms with Crippen LogP contribution in [-0.4, -0.2) is 58.4 Å². The minimum Gasteiger partial charge on any atom is -0.448 e. The van der Waals surface area contributed by atoms with E-state index in [0.29, 0.717) is 26.2 Å². The summed E-state index contributed by atoms with van der Waals surface area (Å²) >= 11 is 0. The predicted molar refractivity (Wildman–Crippen MR) is 70.3 cm³/mol. The van der Waals surface area contributed by atoms with Crippen LogP contribution in [0.15, 0.2) is 0 Å². The molecule has 1 saturated heterocycles. The van der Waals surface area contributed by atoms with Crippen molar-refractivity contribution in [3.63, 3.8) is 0 Å². The summed E-state index contributed by atoms with van der Waals surface area (Å²) in [4.78, 5) is 28.4. The number of ether oxygens (including phenoxy) is 1. The number of urea groups is 1. The zero-order chi connectivity index (χ0) is 14.4. The van der Waals surface area contributed by atoms with Crippen molar-refractivity contribution in [2.24, 2.45) is 0 Å². The molecule has 1 fully saturated rings. The molecule has 0 spiro atoms. The molecule has 2 heterocycles. The number of aryl methyl sites for hydroxylation is 1. The molecule has 1 aromatic heterocycles. The second-order valence-corrected chi connectivity index (χ2v) is 4.34. The summed E-state index contributed by atoms with van der Waals surface area (Å²) in [7, 11) is 0. The molecule has 9 heteroatoms. The molecule has 0 bridgehead atoms. The number of anilines is 1. The number of carbonyl (C=O) groups is 2. The van der Waals surface area contributed by atoms with Crippen LogP contribution in [-0.2, 0) is 11.2 Å². The van der Waals surface area contributed by atoms with Gasteiger partial charge < -0.3 is 15.0 Å². The highest BCUT2D eigenvalue weighted by Crippen LogP contribution is 2.02. The summed E-state index contributed by atoms with van der Waals surface area (Å²) in [6, 6.07) is -0.403. The highest BCUT2D eigenvalue weighted by atomic mass is 16.6. The van der Waals surface area contributed by atoms with Gasteiger partial charge in [0.2, 0.25) is 5.95 Å². The number of carbonyl (C=O) groups excluding carboxylic acids is 2. The van der Waals surface area contributed by atoms with Gasteiger partial charge >= 0.3 is 12.1 Å². The Kier molecular flexibility index (Phi) is 4.75. The lowest BCUT2D eigenvalue weighted by Gasteiger charge is -2.12. The van der Waals surface area contributed by atoms with Gasteiger partial charge in [-0.3, -0.25) is 10.4 Å². The Morgan fingerprint density at radius 1 is 1.55 bits per heavy atom. The van der Waals surface area contributed by atoms with Gasteiger partial charge in [0, 0.05) is 19.5 Å². The fourth-order valence-electron chi connectivity index (χ4n) is 1.78. The lowest BCUT2D eigenvalue weighted by atomic mass is 10.3. The van der Waals surface area contributed by atoms with Gasteiger partial charge in [0.05, 0.1) is 6.54 Å². The van der Waals surface area contributed by atoms with E-state index >= 15 is 0 Å². The molecule has 0 aliphatic carbocycles. The Bertz CT molecular complexity index is 474. The summed E-state index contributed by atoms with van der Waals surface area (Å²) in [5.74, 6) is 0.981. The second kappa shape index (κ2) is 6.73. The largest absolute Gasteiger partial charge is 0.448 e. The van der Waals surface area contributed by atoms with E-state index in [1.165, 1.54) is 4.90 Å². The number of hydrogen-bond acceptors (Lipinski definition) is 5. The molecular weight excluding hydrogens is 264 g/mol. The number of rotatable bonds is 6. The van der Waals surface area contributed by atoms with E-state index < -0.39 is 6.03 Å². The molecule has 20 heavy (non-hydrogen) atoms. The van der Waals surface area contributed by atoms with E-state index in [1.54, 1.807) is 0 Å². The number of aromatic amines is 1. The monoisotopic (exact) mass is 282 g/mol. The number of hydrogen-bond donors (Lipinski definition) is 3. The first-order chi connectivity index (χ1) is 9.69. The van der Waals surface area contributed by atoms with Crippen molar-refractivity contribution in [1.29, 1.82) is 0 Å². The van der Waals surface area contributed by atoms with Gasteiger partial charge in [0.15, 0.2) is 0 Å². The topological polar surface area (TPSA) is 112 Å². The Morgan fingerprint density at radius 3 is 3.10 bits per heavy atom. The minimum absolute atomic E-state index is 0.242. The first-order valence-corrected chi connectivity index (χ1v) is 6.57. The lowest BCUT2D eigenvalue weighted by molar-refractivity contribution is 0.158. The van der Waals surface area contributed by atoms with Gasteiger partial charge in [-0.05, 0) is 6.42 Å². The van der Waals surface area contributed by atoms with Crippen molar-refractivity contribution < 1.29 is 14.3 Å². The molecule has 3 N–H and O–H groups in total. The Morgan fingerprint density at radius 2 is 2.40 bits per heavy atom. The highest BCUT2D eigenvalue weighted by Gasteiger charge is 2.21. The average molecular weight is 282 g/mol. The van der Waals surface area contributed by atoms with Crippen molar-refractivity contribution in [2.75, 3.05) is 31.6 Å². The molecule has 1 aliphatic heterocycles. The summed E-state index contributed by atoms with van der Waals surface area (Å²) in [5.41, 5.74) is 0. The quantitative estimate of drug-likeness (QED) is 0.696. The van der Waals surface area contributed by atoms with Gasteiger partial charge in [-0.15, -0.1) is 5.10 Å². The van der Waals surface area contributed by atoms with Gasteiger partial charge in [-0.1, -0.05) is 6.92 Å². The average Bonchev–Trinajstić information content (AvgIpc) is 3.00. The van der Waals surface area contributed by atoms with Crippen molar-refractivity contribution >= 4 is 18.1 Å². The molecule has 110 valence electrons. The number of nitrogens with zero attached hydrogens (tertiary/aromatic N) is 3. The second-order valence-electron chi connectivity index (χ2n) is 4.34. The first-order valence-electron chi connectivity index (χ1n) is 6.57. The number of H-pyrrole nitrogens is 1. The lowest BCUT2D eigenvalue weighted by Crippen LogP contribution is -2.37. The van der Waals surface area contributed by atoms with Crippen LogP contribution in [0, 0.1) is 0 Å². The molecule has 0 saturated carbocycles. The predicted octanol–water partition coefficient (Wildman–Crippen LogP) is 0.331. The van der Waals surface area contributed by atoms with Crippen molar-refractivity contribution in [3.8, 4) is 0 Å². The molecule has 2 rings (SSSR count). The fourth-order valence-corrected chi connectivity index (χ4v) is 1.78. The summed E-state index contributed by atoms with van der Waals surface area (Å²) < 4.78 is 4.78. The number of cyclic esters (lactones) is 1. The van der Waals surface area contributed by atoms with E-state index in [1.807, 2.05) is 6.92 Å². The third-order valence-corrected chi connectivity index (χ3v) is 2.76. The highest BCUT2D eigenvalue weighted by molar-refractivity contribution is 5.87. The van der Waals surface area contributed by atoms with E-state index in [2.05, 4.69) is 25.8 Å². The normalized spacial score (nSPS) is 14.2. The molecule has 0 atom stereocenters. The summed E-state index contributed by atoms with van der Waals surface area (Å²) in [6.07, 6.45) is 1.39. The Balaban J connectivity index is 1.68. The number of amides is 3. The molecule has 1 aliphatic rings. The van der Waals surface area contributed by atoms with Crippen LogP contribution in [0.5, 0.6) is 0 Å². The zero-order valence-corrected chi connectivity index (χ0v) is 11.3. The van der Waals surface area contributed by atoms with E-state index in [-0.39, 0.29) is 12.0 Å². The third-order valence-electron chi connectivity index (χ3n) is 2.76. The van der Waals surface area contributed by atoms with Crippen LogP contribution >= 0.6 is 0 Å². The number of nitrogens with one attached hydrogen (secondary N) is 3. The third kappa shape index (κ3) is 3.84. The summed E-state index contributed by atoms with van der Waals surface area (Å²) in [6.45, 7) is 3.76. The maximum atomic E-state index is 11.6. The van der Waals surface area contributed by atoms with E-state index in [0.717, 1.165) is 18.7 Å². The van der Waals surface area contributed by atoms with E-state index in [4.69, 9.17) is 4.74 Å². The molecule has 1 aromatic rings. The Labute approximate surface area is 116 Å². The number of aromatic nitrogens is 3. The summed E-state index contributed by atoms with van der Waals surface area (Å²) in [5, 5.41) is 11.8. The van der Waals surface area contributed by atoms with Crippen molar-refractivity contribution in [2.45, 2.75) is 19.8 Å². The van der Waals surface area contributed by atoms with Crippen LogP contribution in [0.25, 0.3) is 0 Å². The molecule has 3 amide bonds. The van der Waals surface area contributed by atoms with Gasteiger partial charge in [0.25, 0.3) is 0 Å². The molecule has 0 radical (unpaired) electrons. The van der Waals surface area contributed by atoms with Crippen LogP contribution in [0.2, 0.25) is 0 Å². The van der Waals surface area contributed by atoms with Gasteiger partial charge in [-0.2, -0.15) is 4.98 Å². The van der Waals surface area contributed by atoms with Gasteiger partial charge in [0.1, 0.15) is 12.4 Å². The maximum absolute atomic E-state index is 11.6.